The second-order valence-corrected chi connectivity index (χ2v) is 8.42. The molecule has 0 bridgehead atoms. The summed E-state index contributed by atoms with van der Waals surface area (Å²) in [4.78, 5) is 38.8. The van der Waals surface area contributed by atoms with Crippen LogP contribution in [0.4, 0.5) is 10.5 Å². The van der Waals surface area contributed by atoms with Gasteiger partial charge < -0.3 is 19.5 Å². The van der Waals surface area contributed by atoms with E-state index in [0.29, 0.717) is 0 Å². The minimum Gasteiger partial charge on any atom is -0.480 e. The Labute approximate surface area is 202 Å². The Morgan fingerprint density at radius 2 is 1.57 bits per heavy atom. The molecule has 0 radical (unpaired) electrons. The van der Waals surface area contributed by atoms with Crippen LogP contribution in [-0.4, -0.2) is 60.4 Å². The number of morpholine rings is 1. The predicted molar refractivity (Wildman–Crippen MR) is 128 cm³/mol. The Hall–Kier alpha value is -4.17. The summed E-state index contributed by atoms with van der Waals surface area (Å²) in [5.74, 6) is -1.72. The van der Waals surface area contributed by atoms with Gasteiger partial charge in [-0.1, -0.05) is 60.7 Å². The molecule has 2 amide bonds. The average Bonchev–Trinajstić information content (AvgIpc) is 3.21. The number of nitrogens with one attached hydrogen (secondary N) is 1. The first-order valence-corrected chi connectivity index (χ1v) is 11.4. The van der Waals surface area contributed by atoms with E-state index in [9.17, 15) is 19.5 Å². The van der Waals surface area contributed by atoms with Crippen LogP contribution >= 0.6 is 0 Å². The van der Waals surface area contributed by atoms with Gasteiger partial charge in [0.05, 0.1) is 24.5 Å². The highest BCUT2D eigenvalue weighted by Gasteiger charge is 2.34. The Morgan fingerprint density at radius 3 is 2.26 bits per heavy atom. The SMILES string of the molecule is O=C(Nc1ccccc1C(=O)N1CCOCC1C(=O)O)OCC1c2ccccc2-c2ccccc21. The maximum Gasteiger partial charge on any atom is 0.411 e. The number of benzene rings is 3. The van der Waals surface area contributed by atoms with Crippen molar-refractivity contribution in [1.82, 2.24) is 4.90 Å². The lowest BCUT2D eigenvalue weighted by atomic mass is 9.98. The fourth-order valence-corrected chi connectivity index (χ4v) is 4.73. The summed E-state index contributed by atoms with van der Waals surface area (Å²) in [7, 11) is 0. The molecule has 35 heavy (non-hydrogen) atoms. The molecule has 0 saturated carbocycles. The van der Waals surface area contributed by atoms with Gasteiger partial charge in [0.25, 0.3) is 5.91 Å². The number of nitrogens with zero attached hydrogens (tertiary/aromatic N) is 1. The molecule has 8 heteroatoms. The fourth-order valence-electron chi connectivity index (χ4n) is 4.73. The third-order valence-corrected chi connectivity index (χ3v) is 6.41. The number of aliphatic carboxylic acids is 1. The van der Waals surface area contributed by atoms with Gasteiger partial charge in [0.2, 0.25) is 0 Å². The van der Waals surface area contributed by atoms with Crippen LogP contribution in [0.2, 0.25) is 0 Å². The summed E-state index contributed by atoms with van der Waals surface area (Å²) in [5, 5.41) is 12.1. The van der Waals surface area contributed by atoms with E-state index < -0.39 is 24.0 Å². The molecule has 5 rings (SSSR count). The summed E-state index contributed by atoms with van der Waals surface area (Å²) in [5.41, 5.74) is 4.91. The van der Waals surface area contributed by atoms with Crippen molar-refractivity contribution in [2.24, 2.45) is 0 Å². The quantitative estimate of drug-likeness (QED) is 0.582. The van der Waals surface area contributed by atoms with Gasteiger partial charge >= 0.3 is 12.1 Å². The number of hydrogen-bond acceptors (Lipinski definition) is 5. The molecule has 178 valence electrons. The van der Waals surface area contributed by atoms with Crippen molar-refractivity contribution in [3.8, 4) is 11.1 Å². The van der Waals surface area contributed by atoms with Crippen molar-refractivity contribution < 1.29 is 29.0 Å². The molecular formula is C27H24N2O6. The van der Waals surface area contributed by atoms with Gasteiger partial charge in [-0.25, -0.2) is 9.59 Å². The minimum atomic E-state index is -1.14. The normalized spacial score (nSPS) is 16.8. The lowest BCUT2D eigenvalue weighted by Crippen LogP contribution is -2.52. The van der Waals surface area contributed by atoms with E-state index in [1.165, 1.54) is 4.90 Å². The first-order chi connectivity index (χ1) is 17.0. The van der Waals surface area contributed by atoms with Gasteiger partial charge in [-0.3, -0.25) is 10.1 Å². The smallest absolute Gasteiger partial charge is 0.411 e. The highest BCUT2D eigenvalue weighted by Crippen LogP contribution is 2.44. The highest BCUT2D eigenvalue weighted by molar-refractivity contribution is 6.04. The number of fused-ring (bicyclic) bond motifs is 3. The maximum absolute atomic E-state index is 13.2. The number of carboxylic acids is 1. The number of amides is 2. The maximum atomic E-state index is 13.2. The van der Waals surface area contributed by atoms with Crippen molar-refractivity contribution >= 4 is 23.7 Å². The number of anilines is 1. The van der Waals surface area contributed by atoms with Crippen molar-refractivity contribution in [1.29, 1.82) is 0 Å². The van der Waals surface area contributed by atoms with E-state index in [1.54, 1.807) is 24.3 Å². The molecule has 8 nitrogen and oxygen atoms in total. The summed E-state index contributed by atoms with van der Waals surface area (Å²) >= 11 is 0. The zero-order chi connectivity index (χ0) is 24.4. The van der Waals surface area contributed by atoms with Crippen molar-refractivity contribution in [3.63, 3.8) is 0 Å². The molecule has 3 aromatic carbocycles. The van der Waals surface area contributed by atoms with E-state index >= 15 is 0 Å². The topological polar surface area (TPSA) is 105 Å². The monoisotopic (exact) mass is 472 g/mol. The molecule has 0 spiro atoms. The predicted octanol–water partition coefficient (Wildman–Crippen LogP) is 3.97. The first-order valence-electron chi connectivity index (χ1n) is 11.4. The number of ether oxygens (including phenoxy) is 2. The molecule has 1 aliphatic carbocycles. The molecule has 1 aliphatic heterocycles. The van der Waals surface area contributed by atoms with E-state index in [1.807, 2.05) is 36.4 Å². The van der Waals surface area contributed by atoms with Gasteiger partial charge in [-0.05, 0) is 34.4 Å². The summed E-state index contributed by atoms with van der Waals surface area (Å²) < 4.78 is 10.8. The van der Waals surface area contributed by atoms with Gasteiger partial charge in [0.15, 0.2) is 6.04 Å². The molecule has 1 heterocycles. The molecule has 2 aliphatic rings. The van der Waals surface area contributed by atoms with Crippen LogP contribution in [0.25, 0.3) is 11.1 Å². The Morgan fingerprint density at radius 1 is 0.943 bits per heavy atom. The second-order valence-electron chi connectivity index (χ2n) is 8.42. The van der Waals surface area contributed by atoms with Crippen LogP contribution in [0.15, 0.2) is 72.8 Å². The molecule has 1 saturated heterocycles. The zero-order valence-corrected chi connectivity index (χ0v) is 18.8. The zero-order valence-electron chi connectivity index (χ0n) is 18.8. The van der Waals surface area contributed by atoms with E-state index in [4.69, 9.17) is 9.47 Å². The van der Waals surface area contributed by atoms with Crippen molar-refractivity contribution in [2.75, 3.05) is 31.7 Å². The first kappa shape index (κ1) is 22.6. The van der Waals surface area contributed by atoms with Crippen LogP contribution in [-0.2, 0) is 14.3 Å². The molecular weight excluding hydrogens is 448 g/mol. The fraction of sp³-hybridized carbons (Fsp3) is 0.222. The van der Waals surface area contributed by atoms with Gasteiger partial charge in [-0.2, -0.15) is 0 Å². The third kappa shape index (κ3) is 4.36. The largest absolute Gasteiger partial charge is 0.480 e. The lowest BCUT2D eigenvalue weighted by molar-refractivity contribution is -0.147. The number of carboxylic acid groups (broad SMARTS) is 1. The highest BCUT2D eigenvalue weighted by atomic mass is 16.5. The van der Waals surface area contributed by atoms with Gasteiger partial charge in [-0.15, -0.1) is 0 Å². The van der Waals surface area contributed by atoms with Crippen LogP contribution in [0, 0.1) is 0 Å². The van der Waals surface area contributed by atoms with Gasteiger partial charge in [0.1, 0.15) is 6.61 Å². The second kappa shape index (κ2) is 9.60. The molecule has 1 unspecified atom stereocenters. The van der Waals surface area contributed by atoms with Crippen molar-refractivity contribution in [3.05, 3.63) is 89.5 Å². The number of rotatable bonds is 5. The van der Waals surface area contributed by atoms with Crippen LogP contribution in [0.5, 0.6) is 0 Å². The standard InChI is InChI=1S/C27H24N2O6/c30-25(29-13-14-34-16-24(29)26(31)32)21-11-5-6-12-23(21)28-27(33)35-15-22-19-9-3-1-7-17(19)18-8-2-4-10-20(18)22/h1-12,22,24H,13-16H2,(H,28,33)(H,31,32). The molecule has 0 aromatic heterocycles. The third-order valence-electron chi connectivity index (χ3n) is 6.41. The van der Waals surface area contributed by atoms with Crippen molar-refractivity contribution in [2.45, 2.75) is 12.0 Å². The van der Waals surface area contributed by atoms with Crippen LogP contribution in [0.1, 0.15) is 27.4 Å². The summed E-state index contributed by atoms with van der Waals surface area (Å²) in [6.45, 7) is 0.455. The number of hydrogen-bond donors (Lipinski definition) is 2. The Kier molecular flexibility index (Phi) is 6.20. The number of carbonyl (C=O) groups excluding carboxylic acids is 2. The molecule has 1 atom stereocenters. The summed E-state index contributed by atoms with van der Waals surface area (Å²) in [6, 6.07) is 21.5. The number of para-hydroxylation sites is 1. The van der Waals surface area contributed by atoms with Gasteiger partial charge in [0, 0.05) is 12.5 Å². The summed E-state index contributed by atoms with van der Waals surface area (Å²) in [6.07, 6.45) is -0.691. The molecule has 3 aromatic rings. The Bertz CT molecular complexity index is 1240. The molecule has 1 fully saturated rings. The van der Waals surface area contributed by atoms with Crippen LogP contribution in [0.3, 0.4) is 0 Å². The number of carbonyl (C=O) groups is 3. The average molecular weight is 472 g/mol. The van der Waals surface area contributed by atoms with E-state index in [0.717, 1.165) is 22.3 Å². The molecule has 2 N–H and O–H groups in total. The van der Waals surface area contributed by atoms with E-state index in [2.05, 4.69) is 17.4 Å². The van der Waals surface area contributed by atoms with Crippen LogP contribution < -0.4 is 5.32 Å². The minimum absolute atomic E-state index is 0.0803. The van der Waals surface area contributed by atoms with E-state index in [-0.39, 0.29) is 43.5 Å². The lowest BCUT2D eigenvalue weighted by Gasteiger charge is -2.33. The Balaban J connectivity index is 1.30.